The van der Waals surface area contributed by atoms with Gasteiger partial charge in [-0.25, -0.2) is 9.37 Å². The van der Waals surface area contributed by atoms with Gasteiger partial charge < -0.3 is 9.47 Å². The van der Waals surface area contributed by atoms with Crippen molar-refractivity contribution in [3.63, 3.8) is 0 Å². The van der Waals surface area contributed by atoms with Crippen molar-refractivity contribution in [2.24, 2.45) is 0 Å². The van der Waals surface area contributed by atoms with Crippen molar-refractivity contribution in [3.8, 4) is 0 Å². The maximum atomic E-state index is 13.6. The molecule has 0 radical (unpaired) electrons. The summed E-state index contributed by atoms with van der Waals surface area (Å²) in [5.74, 6) is 0.615. The normalized spacial score (nSPS) is 22.3. The van der Waals surface area contributed by atoms with Crippen molar-refractivity contribution in [1.29, 1.82) is 0 Å². The Morgan fingerprint density at radius 3 is 2.95 bits per heavy atom. The van der Waals surface area contributed by atoms with Gasteiger partial charge in [0, 0.05) is 12.6 Å². The molecule has 2 aromatic rings. The number of alkyl halides is 1. The molecule has 0 bridgehead atoms. The van der Waals surface area contributed by atoms with Crippen LogP contribution < -0.4 is 0 Å². The van der Waals surface area contributed by atoms with Gasteiger partial charge in [0.05, 0.1) is 16.4 Å². The summed E-state index contributed by atoms with van der Waals surface area (Å²) in [6.07, 6.45) is 2.23. The Kier molecular flexibility index (Phi) is 3.69. The molecule has 1 saturated heterocycles. The molecule has 0 aliphatic carbocycles. The van der Waals surface area contributed by atoms with Crippen LogP contribution in [-0.2, 0) is 0 Å². The SMILES string of the molecule is CC(Cl)c1nc2ccc(F)cc2n1C1CCCN(C)C1. The van der Waals surface area contributed by atoms with Gasteiger partial charge in [0.25, 0.3) is 0 Å². The number of likely N-dealkylation sites (N-methyl/N-ethyl adjacent to an activating group) is 1. The van der Waals surface area contributed by atoms with Gasteiger partial charge in [-0.3, -0.25) is 0 Å². The summed E-state index contributed by atoms with van der Waals surface area (Å²) in [4.78, 5) is 6.91. The van der Waals surface area contributed by atoms with Crippen molar-refractivity contribution in [2.75, 3.05) is 20.1 Å². The van der Waals surface area contributed by atoms with Crippen LogP contribution in [0.1, 0.15) is 37.0 Å². The molecular weight excluding hydrogens is 277 g/mol. The van der Waals surface area contributed by atoms with E-state index in [1.165, 1.54) is 6.07 Å². The monoisotopic (exact) mass is 295 g/mol. The zero-order valence-electron chi connectivity index (χ0n) is 11.8. The van der Waals surface area contributed by atoms with Crippen LogP contribution >= 0.6 is 11.6 Å². The molecule has 2 heterocycles. The lowest BCUT2D eigenvalue weighted by molar-refractivity contribution is 0.212. The minimum Gasteiger partial charge on any atom is -0.322 e. The number of likely N-dealkylation sites (tertiary alicyclic amines) is 1. The van der Waals surface area contributed by atoms with Gasteiger partial charge in [-0.15, -0.1) is 11.6 Å². The van der Waals surface area contributed by atoms with E-state index in [1.807, 2.05) is 6.92 Å². The summed E-state index contributed by atoms with van der Waals surface area (Å²) in [5, 5.41) is -0.183. The van der Waals surface area contributed by atoms with E-state index in [-0.39, 0.29) is 11.2 Å². The average Bonchev–Trinajstić information content (AvgIpc) is 2.77. The summed E-state index contributed by atoms with van der Waals surface area (Å²) >= 11 is 6.28. The molecule has 0 amide bonds. The Morgan fingerprint density at radius 1 is 1.45 bits per heavy atom. The molecule has 1 aromatic heterocycles. The number of hydrogen-bond donors (Lipinski definition) is 0. The van der Waals surface area contributed by atoms with Crippen LogP contribution in [0.15, 0.2) is 18.2 Å². The quantitative estimate of drug-likeness (QED) is 0.787. The average molecular weight is 296 g/mol. The summed E-state index contributed by atoms with van der Waals surface area (Å²) in [6, 6.07) is 5.07. The van der Waals surface area contributed by atoms with Crippen LogP contribution in [0.5, 0.6) is 0 Å². The van der Waals surface area contributed by atoms with Gasteiger partial charge in [0.15, 0.2) is 0 Å². The van der Waals surface area contributed by atoms with Gasteiger partial charge in [-0.1, -0.05) is 0 Å². The first-order valence-electron chi connectivity index (χ1n) is 7.06. The highest BCUT2D eigenvalue weighted by molar-refractivity contribution is 6.20. The summed E-state index contributed by atoms with van der Waals surface area (Å²) in [5.41, 5.74) is 1.68. The number of aromatic nitrogens is 2. The van der Waals surface area contributed by atoms with E-state index in [1.54, 1.807) is 12.1 Å². The molecule has 1 fully saturated rings. The molecule has 3 nitrogen and oxygen atoms in total. The summed E-state index contributed by atoms with van der Waals surface area (Å²) in [7, 11) is 2.12. The van der Waals surface area contributed by atoms with Crippen molar-refractivity contribution < 1.29 is 4.39 Å². The first-order valence-corrected chi connectivity index (χ1v) is 7.50. The third kappa shape index (κ3) is 2.42. The minimum absolute atomic E-state index is 0.183. The van der Waals surface area contributed by atoms with Crippen LogP contribution in [-0.4, -0.2) is 34.6 Å². The van der Waals surface area contributed by atoms with Gasteiger partial charge in [0.1, 0.15) is 11.6 Å². The summed E-state index contributed by atoms with van der Waals surface area (Å²) in [6.45, 7) is 3.99. The van der Waals surface area contributed by atoms with E-state index >= 15 is 0 Å². The molecule has 1 aromatic carbocycles. The van der Waals surface area contributed by atoms with Gasteiger partial charge in [-0.05, 0) is 51.6 Å². The van der Waals surface area contributed by atoms with E-state index in [0.717, 1.165) is 42.8 Å². The number of halogens is 2. The minimum atomic E-state index is -0.225. The Morgan fingerprint density at radius 2 is 2.25 bits per heavy atom. The summed E-state index contributed by atoms with van der Waals surface area (Å²) < 4.78 is 15.7. The third-order valence-corrected chi connectivity index (χ3v) is 4.19. The Labute approximate surface area is 123 Å². The van der Waals surface area contributed by atoms with Crippen molar-refractivity contribution in [3.05, 3.63) is 29.8 Å². The van der Waals surface area contributed by atoms with Gasteiger partial charge in [0.2, 0.25) is 0 Å². The molecule has 108 valence electrons. The van der Waals surface area contributed by atoms with E-state index in [0.29, 0.717) is 6.04 Å². The third-order valence-electron chi connectivity index (χ3n) is 4.00. The highest BCUT2D eigenvalue weighted by Gasteiger charge is 2.25. The molecule has 0 N–H and O–H groups in total. The predicted octanol–water partition coefficient (Wildman–Crippen LogP) is 3.74. The number of hydrogen-bond acceptors (Lipinski definition) is 2. The molecule has 2 unspecified atom stereocenters. The van der Waals surface area contributed by atoms with Crippen LogP contribution in [0.2, 0.25) is 0 Å². The van der Waals surface area contributed by atoms with E-state index < -0.39 is 0 Å². The Bertz CT molecular complexity index is 623. The molecule has 5 heteroatoms. The molecule has 1 aliphatic rings. The lowest BCUT2D eigenvalue weighted by atomic mass is 10.1. The fourth-order valence-electron chi connectivity index (χ4n) is 3.10. The first kappa shape index (κ1) is 13.8. The number of piperidine rings is 1. The van der Waals surface area contributed by atoms with Crippen molar-refractivity contribution >= 4 is 22.6 Å². The highest BCUT2D eigenvalue weighted by Crippen LogP contribution is 2.32. The largest absolute Gasteiger partial charge is 0.322 e. The fourth-order valence-corrected chi connectivity index (χ4v) is 3.25. The second-order valence-electron chi connectivity index (χ2n) is 5.65. The molecule has 3 rings (SSSR count). The van der Waals surface area contributed by atoms with Crippen LogP contribution in [0.3, 0.4) is 0 Å². The van der Waals surface area contributed by atoms with E-state index in [9.17, 15) is 4.39 Å². The topological polar surface area (TPSA) is 21.1 Å². The predicted molar refractivity (Wildman–Crippen MR) is 79.7 cm³/mol. The fraction of sp³-hybridized carbons (Fsp3) is 0.533. The zero-order valence-corrected chi connectivity index (χ0v) is 12.6. The van der Waals surface area contributed by atoms with E-state index in [2.05, 4.69) is 21.5 Å². The Hall–Kier alpha value is -1.13. The molecular formula is C15H19ClFN3. The van der Waals surface area contributed by atoms with Gasteiger partial charge >= 0.3 is 0 Å². The standard InChI is InChI=1S/C15H19ClFN3/c1-10(16)15-18-13-6-5-11(17)8-14(13)20(15)12-4-3-7-19(2)9-12/h5-6,8,10,12H,3-4,7,9H2,1-2H3. The highest BCUT2D eigenvalue weighted by atomic mass is 35.5. The number of benzene rings is 1. The first-order chi connectivity index (χ1) is 9.56. The van der Waals surface area contributed by atoms with Crippen molar-refractivity contribution in [1.82, 2.24) is 14.5 Å². The second-order valence-corrected chi connectivity index (χ2v) is 6.30. The zero-order chi connectivity index (χ0) is 14.3. The van der Waals surface area contributed by atoms with Crippen LogP contribution in [0.4, 0.5) is 4.39 Å². The molecule has 0 spiro atoms. The smallest absolute Gasteiger partial charge is 0.128 e. The van der Waals surface area contributed by atoms with Crippen LogP contribution in [0.25, 0.3) is 11.0 Å². The maximum Gasteiger partial charge on any atom is 0.128 e. The molecule has 2 atom stereocenters. The Balaban J connectivity index is 2.14. The number of nitrogens with zero attached hydrogens (tertiary/aromatic N) is 3. The number of fused-ring (bicyclic) bond motifs is 1. The van der Waals surface area contributed by atoms with E-state index in [4.69, 9.17) is 11.6 Å². The molecule has 0 saturated carbocycles. The maximum absolute atomic E-state index is 13.6. The second kappa shape index (κ2) is 5.34. The number of imidazole rings is 1. The lowest BCUT2D eigenvalue weighted by Crippen LogP contribution is -2.34. The van der Waals surface area contributed by atoms with Gasteiger partial charge in [-0.2, -0.15) is 0 Å². The van der Waals surface area contributed by atoms with Crippen LogP contribution in [0, 0.1) is 5.82 Å². The molecule has 1 aliphatic heterocycles. The number of rotatable bonds is 2. The van der Waals surface area contributed by atoms with Crippen molar-refractivity contribution in [2.45, 2.75) is 31.2 Å². The lowest BCUT2D eigenvalue weighted by Gasteiger charge is -2.32. The molecule has 20 heavy (non-hydrogen) atoms.